The highest BCUT2D eigenvalue weighted by Crippen LogP contribution is 2.22. The van der Waals surface area contributed by atoms with E-state index < -0.39 is 5.97 Å². The molecule has 1 aromatic rings. The summed E-state index contributed by atoms with van der Waals surface area (Å²) in [7, 11) is 0. The maximum Gasteiger partial charge on any atom is 0.356 e. The quantitative estimate of drug-likeness (QED) is 0.714. The van der Waals surface area contributed by atoms with Crippen LogP contribution in [-0.4, -0.2) is 39.1 Å². The van der Waals surface area contributed by atoms with Gasteiger partial charge in [0.25, 0.3) is 0 Å². The molecule has 0 spiro atoms. The van der Waals surface area contributed by atoms with Crippen LogP contribution in [-0.2, 0) is 11.3 Å². The Morgan fingerprint density at radius 1 is 1.40 bits per heavy atom. The van der Waals surface area contributed by atoms with Crippen molar-refractivity contribution in [1.29, 1.82) is 0 Å². The lowest BCUT2D eigenvalue weighted by atomic mass is 9.86. The molecule has 7 nitrogen and oxygen atoms in total. The van der Waals surface area contributed by atoms with Crippen molar-refractivity contribution in [1.82, 2.24) is 14.9 Å². The molecule has 110 valence electrons. The van der Waals surface area contributed by atoms with Crippen molar-refractivity contribution in [3.8, 4) is 0 Å². The molecule has 0 saturated heterocycles. The van der Waals surface area contributed by atoms with Crippen LogP contribution in [0.5, 0.6) is 0 Å². The van der Waals surface area contributed by atoms with Crippen LogP contribution < -0.4 is 11.1 Å². The smallest absolute Gasteiger partial charge is 0.356 e. The maximum atomic E-state index is 11.9. The summed E-state index contributed by atoms with van der Waals surface area (Å²) in [6, 6.07) is 0.236. The third-order valence-electron chi connectivity index (χ3n) is 3.66. The molecule has 1 heterocycles. The van der Waals surface area contributed by atoms with E-state index in [1.165, 1.54) is 12.5 Å². The molecule has 0 bridgehead atoms. The van der Waals surface area contributed by atoms with Crippen LogP contribution in [0.15, 0.2) is 12.5 Å². The Hall–Kier alpha value is -1.89. The lowest BCUT2D eigenvalue weighted by Crippen LogP contribution is -2.37. The Labute approximate surface area is 117 Å². The third kappa shape index (κ3) is 3.80. The van der Waals surface area contributed by atoms with Crippen molar-refractivity contribution in [2.24, 2.45) is 11.7 Å². The molecule has 1 fully saturated rings. The average molecular weight is 280 g/mol. The highest BCUT2D eigenvalue weighted by molar-refractivity contribution is 5.84. The van der Waals surface area contributed by atoms with Gasteiger partial charge in [-0.3, -0.25) is 4.79 Å². The number of nitrogens with two attached hydrogens (primary N) is 1. The van der Waals surface area contributed by atoms with Crippen LogP contribution in [0.1, 0.15) is 36.2 Å². The molecule has 1 amide bonds. The fraction of sp³-hybridized carbons (Fsp3) is 0.615. The minimum absolute atomic E-state index is 0.0117. The standard InChI is InChI=1S/C13H20N4O3/c14-10-3-1-9(2-4-10)12(18)15-5-6-17-7-11(13(19)20)16-8-17/h7-10H,1-6,14H2,(H,15,18)(H,19,20). The number of imidazole rings is 1. The van der Waals surface area contributed by atoms with Crippen molar-refractivity contribution in [3.63, 3.8) is 0 Å². The van der Waals surface area contributed by atoms with Crippen LogP contribution in [0.25, 0.3) is 0 Å². The fourth-order valence-corrected chi connectivity index (χ4v) is 2.43. The number of aromatic nitrogens is 2. The number of rotatable bonds is 5. The summed E-state index contributed by atoms with van der Waals surface area (Å²) in [5.41, 5.74) is 5.82. The lowest BCUT2D eigenvalue weighted by Gasteiger charge is -2.25. The molecule has 0 aromatic carbocycles. The van der Waals surface area contributed by atoms with Gasteiger partial charge in [-0.1, -0.05) is 0 Å². The summed E-state index contributed by atoms with van der Waals surface area (Å²) in [6.07, 6.45) is 6.41. The lowest BCUT2D eigenvalue weighted by molar-refractivity contribution is -0.126. The van der Waals surface area contributed by atoms with Gasteiger partial charge >= 0.3 is 5.97 Å². The molecule has 1 saturated carbocycles. The molecular formula is C13H20N4O3. The summed E-state index contributed by atoms with van der Waals surface area (Å²) >= 11 is 0. The zero-order valence-electron chi connectivity index (χ0n) is 11.3. The van der Waals surface area contributed by atoms with Crippen molar-refractivity contribution in [2.45, 2.75) is 38.3 Å². The van der Waals surface area contributed by atoms with Crippen LogP contribution in [0.4, 0.5) is 0 Å². The number of carbonyl (C=O) groups is 2. The minimum Gasteiger partial charge on any atom is -0.476 e. The molecule has 2 rings (SSSR count). The Morgan fingerprint density at radius 3 is 2.70 bits per heavy atom. The first-order valence-corrected chi connectivity index (χ1v) is 6.84. The van der Waals surface area contributed by atoms with Gasteiger partial charge < -0.3 is 20.7 Å². The molecule has 0 atom stereocenters. The van der Waals surface area contributed by atoms with E-state index in [0.717, 1.165) is 25.7 Å². The average Bonchev–Trinajstić information content (AvgIpc) is 2.88. The van der Waals surface area contributed by atoms with Crippen LogP contribution in [0.2, 0.25) is 0 Å². The van der Waals surface area contributed by atoms with Gasteiger partial charge in [0.15, 0.2) is 5.69 Å². The molecule has 1 aliphatic carbocycles. The van der Waals surface area contributed by atoms with Gasteiger partial charge in [-0.25, -0.2) is 9.78 Å². The molecule has 0 radical (unpaired) electrons. The second kappa shape index (κ2) is 6.51. The van der Waals surface area contributed by atoms with Gasteiger partial charge in [-0.2, -0.15) is 0 Å². The number of hydrogen-bond acceptors (Lipinski definition) is 4. The second-order valence-electron chi connectivity index (χ2n) is 5.20. The van der Waals surface area contributed by atoms with Crippen molar-refractivity contribution in [3.05, 3.63) is 18.2 Å². The number of carboxylic acids is 1. The SMILES string of the molecule is NC1CCC(C(=O)NCCn2cnc(C(=O)O)c2)CC1. The van der Waals surface area contributed by atoms with E-state index in [2.05, 4.69) is 10.3 Å². The van der Waals surface area contributed by atoms with Crippen LogP contribution >= 0.6 is 0 Å². The summed E-state index contributed by atoms with van der Waals surface area (Å²) in [5.74, 6) is -0.922. The third-order valence-corrected chi connectivity index (χ3v) is 3.66. The van der Waals surface area contributed by atoms with E-state index in [4.69, 9.17) is 10.8 Å². The normalized spacial score (nSPS) is 22.4. The highest BCUT2D eigenvalue weighted by atomic mass is 16.4. The number of amides is 1. The fourth-order valence-electron chi connectivity index (χ4n) is 2.43. The van der Waals surface area contributed by atoms with E-state index in [1.54, 1.807) is 4.57 Å². The van der Waals surface area contributed by atoms with Crippen LogP contribution in [0.3, 0.4) is 0 Å². The molecule has 4 N–H and O–H groups in total. The molecular weight excluding hydrogens is 260 g/mol. The first kappa shape index (κ1) is 14.5. The predicted octanol–water partition coefficient (Wildman–Crippen LogP) is 0.215. The molecule has 0 unspecified atom stereocenters. The number of nitrogens with zero attached hydrogens (tertiary/aromatic N) is 2. The largest absolute Gasteiger partial charge is 0.476 e. The highest BCUT2D eigenvalue weighted by Gasteiger charge is 2.24. The van der Waals surface area contributed by atoms with E-state index in [0.29, 0.717) is 13.1 Å². The van der Waals surface area contributed by atoms with Gasteiger partial charge in [0, 0.05) is 31.2 Å². The van der Waals surface area contributed by atoms with Crippen molar-refractivity contribution < 1.29 is 14.7 Å². The molecule has 1 aliphatic rings. The van der Waals surface area contributed by atoms with Gasteiger partial charge in [-0.15, -0.1) is 0 Å². The summed E-state index contributed by atoms with van der Waals surface area (Å²) < 4.78 is 1.65. The van der Waals surface area contributed by atoms with Crippen molar-refractivity contribution >= 4 is 11.9 Å². The monoisotopic (exact) mass is 280 g/mol. The number of carbonyl (C=O) groups excluding carboxylic acids is 1. The van der Waals surface area contributed by atoms with Gasteiger partial charge in [0.05, 0.1) is 6.33 Å². The van der Waals surface area contributed by atoms with E-state index >= 15 is 0 Å². The Kier molecular flexibility index (Phi) is 4.73. The minimum atomic E-state index is -1.05. The Morgan fingerprint density at radius 2 is 2.10 bits per heavy atom. The second-order valence-corrected chi connectivity index (χ2v) is 5.20. The van der Waals surface area contributed by atoms with Gasteiger partial charge in [0.2, 0.25) is 5.91 Å². The first-order valence-electron chi connectivity index (χ1n) is 6.84. The molecule has 1 aromatic heterocycles. The number of nitrogens with one attached hydrogen (secondary N) is 1. The summed E-state index contributed by atoms with van der Waals surface area (Å²) in [6.45, 7) is 0.981. The number of carboxylic acid groups (broad SMARTS) is 1. The Bertz CT molecular complexity index is 478. The topological polar surface area (TPSA) is 110 Å². The zero-order valence-corrected chi connectivity index (χ0v) is 11.3. The zero-order chi connectivity index (χ0) is 14.5. The number of hydrogen-bond donors (Lipinski definition) is 3. The molecule has 0 aliphatic heterocycles. The van der Waals surface area contributed by atoms with Crippen molar-refractivity contribution in [2.75, 3.05) is 6.54 Å². The van der Waals surface area contributed by atoms with E-state index in [-0.39, 0.29) is 23.6 Å². The maximum absolute atomic E-state index is 11.9. The summed E-state index contributed by atoms with van der Waals surface area (Å²) in [4.78, 5) is 26.4. The van der Waals surface area contributed by atoms with E-state index in [9.17, 15) is 9.59 Å². The van der Waals surface area contributed by atoms with E-state index in [1.807, 2.05) is 0 Å². The summed E-state index contributed by atoms with van der Waals surface area (Å²) in [5, 5.41) is 11.6. The van der Waals surface area contributed by atoms with Gasteiger partial charge in [-0.05, 0) is 25.7 Å². The van der Waals surface area contributed by atoms with Crippen LogP contribution in [0, 0.1) is 5.92 Å². The first-order chi connectivity index (χ1) is 9.56. The molecule has 20 heavy (non-hydrogen) atoms. The molecule has 7 heteroatoms. The predicted molar refractivity (Wildman–Crippen MR) is 72.1 cm³/mol. The Balaban J connectivity index is 1.72. The number of aromatic carboxylic acids is 1. The van der Waals surface area contributed by atoms with Gasteiger partial charge in [0.1, 0.15) is 0 Å².